The van der Waals surface area contributed by atoms with E-state index < -0.39 is 0 Å². The molecule has 2 aromatic rings. The second kappa shape index (κ2) is 12.7. The molecule has 1 aliphatic rings. The number of para-hydroxylation sites is 1. The monoisotopic (exact) mass is 456 g/mol. The van der Waals surface area contributed by atoms with E-state index in [1.165, 1.54) is 43.0 Å². The third-order valence-corrected chi connectivity index (χ3v) is 6.70. The Labute approximate surface area is 196 Å². The molecule has 32 heavy (non-hydrogen) atoms. The summed E-state index contributed by atoms with van der Waals surface area (Å²) in [7, 11) is 0. The van der Waals surface area contributed by atoms with Crippen LogP contribution in [0.3, 0.4) is 0 Å². The van der Waals surface area contributed by atoms with Crippen molar-refractivity contribution in [3.05, 3.63) is 47.8 Å². The summed E-state index contributed by atoms with van der Waals surface area (Å²) in [5.74, 6) is 2.20. The van der Waals surface area contributed by atoms with Crippen molar-refractivity contribution in [2.45, 2.75) is 82.9 Å². The predicted molar refractivity (Wildman–Crippen MR) is 130 cm³/mol. The van der Waals surface area contributed by atoms with Crippen LogP contribution in [0.4, 0.5) is 0 Å². The number of hydrogen-bond donors (Lipinski definition) is 1. The molecule has 6 nitrogen and oxygen atoms in total. The van der Waals surface area contributed by atoms with Crippen molar-refractivity contribution >= 4 is 17.7 Å². The molecule has 0 bridgehead atoms. The fourth-order valence-corrected chi connectivity index (χ4v) is 4.54. The number of aromatic nitrogens is 3. The second-order valence-electron chi connectivity index (χ2n) is 8.74. The quantitative estimate of drug-likeness (QED) is 0.342. The van der Waals surface area contributed by atoms with E-state index >= 15 is 0 Å². The summed E-state index contributed by atoms with van der Waals surface area (Å²) in [5, 5.41) is 12.4. The van der Waals surface area contributed by atoms with Crippen molar-refractivity contribution in [3.8, 4) is 5.75 Å². The fourth-order valence-electron chi connectivity index (χ4n) is 3.62. The number of thioether (sulfide) groups is 1. The zero-order chi connectivity index (χ0) is 22.8. The van der Waals surface area contributed by atoms with Crippen LogP contribution >= 0.6 is 11.8 Å². The molecular formula is C25H36N4O2S. The Kier molecular flexibility index (Phi) is 9.65. The van der Waals surface area contributed by atoms with Crippen LogP contribution in [0.5, 0.6) is 5.75 Å². The molecule has 1 amide bonds. The maximum Gasteiger partial charge on any atom is 0.233 e. The van der Waals surface area contributed by atoms with Gasteiger partial charge in [0.05, 0.1) is 5.25 Å². The van der Waals surface area contributed by atoms with Gasteiger partial charge in [-0.05, 0) is 63.5 Å². The van der Waals surface area contributed by atoms with Crippen molar-refractivity contribution in [3.63, 3.8) is 0 Å². The maximum atomic E-state index is 12.7. The predicted octanol–water partition coefficient (Wildman–Crippen LogP) is 5.39. The van der Waals surface area contributed by atoms with Crippen LogP contribution in [-0.4, -0.2) is 32.5 Å². The van der Waals surface area contributed by atoms with Gasteiger partial charge >= 0.3 is 0 Å². The van der Waals surface area contributed by atoms with Gasteiger partial charge in [0.2, 0.25) is 5.91 Å². The second-order valence-corrected chi connectivity index (χ2v) is 10.1. The largest absolute Gasteiger partial charge is 0.486 e. The summed E-state index contributed by atoms with van der Waals surface area (Å²) in [4.78, 5) is 12.7. The van der Waals surface area contributed by atoms with Crippen LogP contribution in [0.2, 0.25) is 0 Å². The molecule has 0 fully saturated rings. The lowest BCUT2D eigenvalue weighted by molar-refractivity contribution is -0.120. The molecule has 1 N–H and O–H groups in total. The number of ether oxygens (including phenoxy) is 1. The van der Waals surface area contributed by atoms with Gasteiger partial charge in [-0.25, -0.2) is 0 Å². The van der Waals surface area contributed by atoms with Crippen molar-refractivity contribution in [2.75, 3.05) is 6.54 Å². The van der Waals surface area contributed by atoms with Crippen molar-refractivity contribution < 1.29 is 9.53 Å². The van der Waals surface area contributed by atoms with E-state index in [0.717, 1.165) is 36.1 Å². The Morgan fingerprint density at radius 3 is 2.72 bits per heavy atom. The first-order valence-electron chi connectivity index (χ1n) is 11.7. The minimum absolute atomic E-state index is 0.0481. The van der Waals surface area contributed by atoms with Crippen LogP contribution in [0, 0.1) is 5.92 Å². The summed E-state index contributed by atoms with van der Waals surface area (Å²) in [6.45, 7) is 8.20. The summed E-state index contributed by atoms with van der Waals surface area (Å²) in [5.41, 5.74) is 1.48. The highest BCUT2D eigenvalue weighted by molar-refractivity contribution is 8.00. The number of benzene rings is 1. The molecule has 0 spiro atoms. The first-order valence-corrected chi connectivity index (χ1v) is 12.6. The highest BCUT2D eigenvalue weighted by Gasteiger charge is 2.20. The smallest absolute Gasteiger partial charge is 0.233 e. The molecule has 1 heterocycles. The van der Waals surface area contributed by atoms with Crippen LogP contribution in [0.1, 0.15) is 65.1 Å². The fraction of sp³-hybridized carbons (Fsp3) is 0.560. The van der Waals surface area contributed by atoms with Gasteiger partial charge in [-0.15, -0.1) is 10.2 Å². The molecule has 0 aliphatic heterocycles. The first kappa shape index (κ1) is 24.4. The van der Waals surface area contributed by atoms with E-state index in [4.69, 9.17) is 4.74 Å². The maximum absolute atomic E-state index is 12.7. The highest BCUT2D eigenvalue weighted by atomic mass is 32.2. The third kappa shape index (κ3) is 7.69. The minimum atomic E-state index is -0.236. The number of carbonyl (C=O) groups is 1. The lowest BCUT2D eigenvalue weighted by atomic mass is 9.97. The van der Waals surface area contributed by atoms with Gasteiger partial charge in [-0.2, -0.15) is 0 Å². The topological polar surface area (TPSA) is 69.0 Å². The molecule has 1 aromatic heterocycles. The van der Waals surface area contributed by atoms with Gasteiger partial charge in [-0.1, -0.05) is 55.5 Å². The van der Waals surface area contributed by atoms with Gasteiger partial charge in [0.1, 0.15) is 12.4 Å². The Bertz CT molecular complexity index is 879. The van der Waals surface area contributed by atoms with E-state index in [1.54, 1.807) is 0 Å². The standard InChI is InChI=1S/C25H36N4O2S/c1-19(2)15-17-29-23(18-31-22-12-8-5-9-13-22)27-28-25(29)32-20(3)24(30)26-16-14-21-10-6-4-7-11-21/h5,8-10,12-13,19-20H,4,6-7,11,14-18H2,1-3H3,(H,26,30). The number of amides is 1. The van der Waals surface area contributed by atoms with Crippen LogP contribution in [-0.2, 0) is 17.9 Å². The zero-order valence-corrected chi connectivity index (χ0v) is 20.4. The molecular weight excluding hydrogens is 420 g/mol. The van der Waals surface area contributed by atoms with Crippen molar-refractivity contribution in [1.82, 2.24) is 20.1 Å². The molecule has 1 aliphatic carbocycles. The number of carbonyl (C=O) groups excluding carboxylic acids is 1. The summed E-state index contributed by atoms with van der Waals surface area (Å²) in [6.07, 6.45) is 9.22. The molecule has 0 saturated heterocycles. The number of rotatable bonds is 12. The average molecular weight is 457 g/mol. The zero-order valence-electron chi connectivity index (χ0n) is 19.5. The summed E-state index contributed by atoms with van der Waals surface area (Å²) in [6, 6.07) is 9.72. The lowest BCUT2D eigenvalue weighted by Gasteiger charge is -2.16. The molecule has 174 valence electrons. The van der Waals surface area contributed by atoms with Gasteiger partial charge in [-0.3, -0.25) is 4.79 Å². The van der Waals surface area contributed by atoms with Crippen LogP contribution in [0.15, 0.2) is 47.1 Å². The Morgan fingerprint density at radius 1 is 1.19 bits per heavy atom. The molecule has 1 unspecified atom stereocenters. The molecule has 1 aromatic carbocycles. The van der Waals surface area contributed by atoms with Gasteiger partial charge < -0.3 is 14.6 Å². The summed E-state index contributed by atoms with van der Waals surface area (Å²) < 4.78 is 8.00. The van der Waals surface area contributed by atoms with Gasteiger partial charge in [0.15, 0.2) is 11.0 Å². The minimum Gasteiger partial charge on any atom is -0.486 e. The first-order chi connectivity index (χ1) is 15.5. The molecule has 0 saturated carbocycles. The van der Waals surface area contributed by atoms with Crippen molar-refractivity contribution in [1.29, 1.82) is 0 Å². The number of nitrogens with zero attached hydrogens (tertiary/aromatic N) is 3. The normalized spacial score (nSPS) is 14.8. The van der Waals surface area contributed by atoms with Crippen molar-refractivity contribution in [2.24, 2.45) is 5.92 Å². The Balaban J connectivity index is 1.57. The number of hydrogen-bond acceptors (Lipinski definition) is 5. The molecule has 0 radical (unpaired) electrons. The molecule has 3 rings (SSSR count). The third-order valence-electron chi connectivity index (χ3n) is 5.62. The van der Waals surface area contributed by atoms with Gasteiger partial charge in [0, 0.05) is 13.1 Å². The van der Waals surface area contributed by atoms with Gasteiger partial charge in [0.25, 0.3) is 0 Å². The SMILES string of the molecule is CC(C)CCn1c(COc2ccccc2)nnc1SC(C)C(=O)NCCC1=CCCCC1. The van der Waals surface area contributed by atoms with E-state index in [9.17, 15) is 4.79 Å². The number of nitrogens with one attached hydrogen (secondary N) is 1. The van der Waals surface area contributed by atoms with Crippen LogP contribution < -0.4 is 10.1 Å². The Morgan fingerprint density at radius 2 is 2.00 bits per heavy atom. The number of allylic oxidation sites excluding steroid dienone is 1. The summed E-state index contributed by atoms with van der Waals surface area (Å²) >= 11 is 1.47. The molecule has 1 atom stereocenters. The lowest BCUT2D eigenvalue weighted by Crippen LogP contribution is -2.32. The highest BCUT2D eigenvalue weighted by Crippen LogP contribution is 2.24. The van der Waals surface area contributed by atoms with E-state index in [2.05, 4.69) is 40.0 Å². The van der Waals surface area contributed by atoms with E-state index in [0.29, 0.717) is 19.1 Å². The Hall–Kier alpha value is -2.28. The van der Waals surface area contributed by atoms with Crippen LogP contribution in [0.25, 0.3) is 0 Å². The average Bonchev–Trinajstić information content (AvgIpc) is 3.18. The molecule has 7 heteroatoms. The van der Waals surface area contributed by atoms with E-state index in [-0.39, 0.29) is 11.2 Å². The van der Waals surface area contributed by atoms with E-state index in [1.807, 2.05) is 37.3 Å².